The molecule has 0 fully saturated rings. The van der Waals surface area contributed by atoms with E-state index in [4.69, 9.17) is 0 Å². The molecule has 2 aliphatic heterocycles. The monoisotopic (exact) mass is 750 g/mol. The maximum Gasteiger partial charge on any atom is 0.398 e. The summed E-state index contributed by atoms with van der Waals surface area (Å²) in [6.07, 6.45) is 0.412. The predicted octanol–water partition coefficient (Wildman–Crippen LogP) is 1.47. The van der Waals surface area contributed by atoms with Crippen molar-refractivity contribution in [1.29, 1.82) is 0 Å². The number of rotatable bonds is 9. The average Bonchev–Trinajstić information content (AvgIpc) is 3.81. The largest absolute Gasteiger partial charge is 0.398 e. The number of hydrogen-bond donors (Lipinski definition) is 0. The summed E-state index contributed by atoms with van der Waals surface area (Å²) in [5.41, 5.74) is -17.3. The van der Waals surface area contributed by atoms with Crippen molar-refractivity contribution in [3.8, 4) is 11.1 Å². The van der Waals surface area contributed by atoms with Crippen LogP contribution in [-0.4, -0.2) is 78.9 Å². The van der Waals surface area contributed by atoms with Gasteiger partial charge in [-0.1, -0.05) is 30.3 Å². The van der Waals surface area contributed by atoms with Gasteiger partial charge in [-0.2, -0.15) is 19.9 Å². The van der Waals surface area contributed by atoms with Gasteiger partial charge in [0.2, 0.25) is 23.1 Å². The highest BCUT2D eigenvalue weighted by Crippen LogP contribution is 2.41. The average molecular weight is 750 g/mol. The molecule has 4 aromatic rings. The van der Waals surface area contributed by atoms with E-state index in [1.54, 1.807) is 0 Å². The molecule has 0 saturated carbocycles. The minimum absolute atomic E-state index is 0.227. The smallest absolute Gasteiger partial charge is 0.258 e. The number of nitrogens with zero attached hydrogens (tertiary/aromatic N) is 16. The minimum Gasteiger partial charge on any atom is -0.258 e. The Kier molecular flexibility index (Phi) is 7.85. The fourth-order valence-electron chi connectivity index (χ4n) is 5.11. The second kappa shape index (κ2) is 12.3. The Morgan fingerprint density at radius 3 is 1.31 bits per heavy atom. The van der Waals surface area contributed by atoms with Crippen molar-refractivity contribution in [2.75, 3.05) is 0 Å². The summed E-state index contributed by atoms with van der Waals surface area (Å²) in [7, 11) is 0. The number of nitro groups is 8. The molecule has 2 aliphatic rings. The molecule has 0 amide bonds. The van der Waals surface area contributed by atoms with E-state index < -0.39 is 130 Å². The number of fused-ring (bicyclic) bond motifs is 8. The molecule has 0 aliphatic carbocycles. The summed E-state index contributed by atoms with van der Waals surface area (Å²) in [5.74, 6) is -5.54. The molecule has 0 saturated heterocycles. The van der Waals surface area contributed by atoms with Gasteiger partial charge in [-0.15, -0.1) is 0 Å². The lowest BCUT2D eigenvalue weighted by atomic mass is 10.1. The van der Waals surface area contributed by atoms with Crippen LogP contribution in [0.25, 0.3) is 56.9 Å². The fourth-order valence-corrected chi connectivity index (χ4v) is 5.11. The van der Waals surface area contributed by atoms with Crippen LogP contribution < -0.4 is 0 Å². The van der Waals surface area contributed by atoms with Crippen LogP contribution in [0.5, 0.6) is 0 Å². The van der Waals surface area contributed by atoms with Crippen molar-refractivity contribution >= 4 is 62.8 Å². The zero-order chi connectivity index (χ0) is 39.5. The zero-order valence-corrected chi connectivity index (χ0v) is 25.2. The van der Waals surface area contributed by atoms with Gasteiger partial charge in [0.1, 0.15) is 5.56 Å². The molecule has 0 N–H and O–H groups in total. The molecule has 6 rings (SSSR count). The number of hydrogen-bond acceptors (Lipinski definition) is 22. The topological polar surface area (TPSA) is 432 Å². The van der Waals surface area contributed by atoms with E-state index in [0.29, 0.717) is 6.08 Å². The maximum atomic E-state index is 12.6. The summed E-state index contributed by atoms with van der Waals surface area (Å²) < 4.78 is -0.871. The molecular formula is C22H6N16O16. The minimum atomic E-state index is -1.94. The van der Waals surface area contributed by atoms with Gasteiger partial charge in [0.05, 0.1) is 35.6 Å². The van der Waals surface area contributed by atoms with Crippen LogP contribution in [0.15, 0.2) is 30.3 Å². The lowest BCUT2D eigenvalue weighted by Crippen LogP contribution is -2.11. The maximum absolute atomic E-state index is 12.6. The standard InChI is InChI=1S/C22H6N16O16/c39-31(40)8-6-9-23-16(8)26-21-14(35(47)48)15(36(49)50)22(30(21)38(53)54)28-18-13(34(45)46)12(33(43)44)17(25-18)27-20-11(32(41)42)10(7-4-2-1-3-5-7)19(24-9)29(20)37(51)52/h1-6H. The molecule has 0 unspecified atom stereocenters. The SMILES string of the molecule is O=[N+]([O-])C1=Cc2nc1nc1c([N+](=O)[O-])c([N+](=O)[O-])c(nc3nc(nc4c([N+](=O)[O-])c(-c5ccccc5)c(n2)n4[N+](=O)[O-])C([N+](=O)[O-])=C3[N+](=O)[O-])n1[N+](=O)[O-]. The quantitative estimate of drug-likeness (QED) is 0.172. The van der Waals surface area contributed by atoms with Crippen LogP contribution in [0.2, 0.25) is 0 Å². The van der Waals surface area contributed by atoms with Crippen molar-refractivity contribution in [2.45, 2.75) is 0 Å². The van der Waals surface area contributed by atoms with E-state index >= 15 is 0 Å². The molecule has 0 radical (unpaired) electrons. The first-order valence-corrected chi connectivity index (χ1v) is 13.5. The predicted molar refractivity (Wildman–Crippen MR) is 165 cm³/mol. The summed E-state index contributed by atoms with van der Waals surface area (Å²) in [4.78, 5) is 110. The molecule has 270 valence electrons. The first kappa shape index (κ1) is 34.6. The Hall–Kier alpha value is -9.26. The Labute approximate surface area is 287 Å². The van der Waals surface area contributed by atoms with Gasteiger partial charge in [-0.05, 0) is 14.9 Å². The Bertz CT molecular complexity index is 2750. The fraction of sp³-hybridized carbons (Fsp3) is 0. The van der Waals surface area contributed by atoms with Gasteiger partial charge in [0, 0.05) is 0 Å². The van der Waals surface area contributed by atoms with Gasteiger partial charge < -0.3 is 0 Å². The molecule has 0 spiro atoms. The summed E-state index contributed by atoms with van der Waals surface area (Å²) in [6, 6.07) is 6.34. The third kappa shape index (κ3) is 5.28. The van der Waals surface area contributed by atoms with E-state index in [-0.39, 0.29) is 10.2 Å². The van der Waals surface area contributed by atoms with Crippen LogP contribution in [0, 0.1) is 80.9 Å². The second-order valence-electron chi connectivity index (χ2n) is 9.95. The Balaban J connectivity index is 2.06. The summed E-state index contributed by atoms with van der Waals surface area (Å²) in [6.45, 7) is 0. The van der Waals surface area contributed by atoms with Crippen LogP contribution in [0.1, 0.15) is 23.3 Å². The van der Waals surface area contributed by atoms with E-state index in [1.807, 2.05) is 0 Å². The molecule has 32 nitrogen and oxygen atoms in total. The first-order valence-electron chi connectivity index (χ1n) is 13.5. The third-order valence-corrected chi connectivity index (χ3v) is 7.05. The molecule has 3 aromatic heterocycles. The van der Waals surface area contributed by atoms with Gasteiger partial charge >= 0.3 is 34.2 Å². The third-order valence-electron chi connectivity index (χ3n) is 7.05. The number of benzene rings is 1. The summed E-state index contributed by atoms with van der Waals surface area (Å²) >= 11 is 0. The Morgan fingerprint density at radius 1 is 0.444 bits per heavy atom. The van der Waals surface area contributed by atoms with Crippen molar-refractivity contribution in [3.63, 3.8) is 0 Å². The van der Waals surface area contributed by atoms with Crippen molar-refractivity contribution in [1.82, 2.24) is 39.3 Å². The van der Waals surface area contributed by atoms with Gasteiger partial charge in [0.25, 0.3) is 16.9 Å². The van der Waals surface area contributed by atoms with Crippen LogP contribution in [0.3, 0.4) is 0 Å². The highest BCUT2D eigenvalue weighted by atomic mass is 16.7. The highest BCUT2D eigenvalue weighted by molar-refractivity contribution is 5.95. The van der Waals surface area contributed by atoms with Crippen LogP contribution in [0.4, 0.5) is 17.1 Å². The van der Waals surface area contributed by atoms with Gasteiger partial charge in [0.15, 0.2) is 15.9 Å². The molecule has 54 heavy (non-hydrogen) atoms. The first-order chi connectivity index (χ1) is 25.4. The van der Waals surface area contributed by atoms with Crippen LogP contribution >= 0.6 is 0 Å². The molecule has 5 heterocycles. The van der Waals surface area contributed by atoms with E-state index in [1.165, 1.54) is 30.3 Å². The van der Waals surface area contributed by atoms with Crippen LogP contribution in [-0.2, 0) is 0 Å². The molecule has 8 bridgehead atoms. The molecule has 1 aromatic carbocycles. The Morgan fingerprint density at radius 2 is 0.889 bits per heavy atom. The van der Waals surface area contributed by atoms with Crippen molar-refractivity contribution < 1.29 is 39.6 Å². The van der Waals surface area contributed by atoms with E-state index in [9.17, 15) is 80.9 Å². The van der Waals surface area contributed by atoms with Crippen molar-refractivity contribution in [3.05, 3.63) is 135 Å². The van der Waals surface area contributed by atoms with Gasteiger partial charge in [-0.3, -0.25) is 60.7 Å². The molecule has 32 heteroatoms. The lowest BCUT2D eigenvalue weighted by molar-refractivity contribution is -0.534. The lowest BCUT2D eigenvalue weighted by Gasteiger charge is -1.97. The van der Waals surface area contributed by atoms with E-state index in [0.717, 1.165) is 0 Å². The zero-order valence-electron chi connectivity index (χ0n) is 25.2. The van der Waals surface area contributed by atoms with Crippen molar-refractivity contribution in [2.24, 2.45) is 0 Å². The molecule has 0 atom stereocenters. The van der Waals surface area contributed by atoms with Gasteiger partial charge in [-0.25, -0.2) is 30.2 Å². The highest BCUT2D eigenvalue weighted by Gasteiger charge is 2.47. The number of aromatic nitrogens is 8. The second-order valence-corrected chi connectivity index (χ2v) is 9.95. The van der Waals surface area contributed by atoms with E-state index in [2.05, 4.69) is 29.9 Å². The summed E-state index contributed by atoms with van der Waals surface area (Å²) in [5, 5.41) is 95.2. The normalized spacial score (nSPS) is 12.2. The molecular weight excluding hydrogens is 744 g/mol.